The number of hydrogen-bond acceptors (Lipinski definition) is 14. The largest absolute Gasteiger partial charge is 0.356 e. The molecule has 0 aliphatic heterocycles. The van der Waals surface area contributed by atoms with Crippen LogP contribution >= 0.6 is 0 Å². The van der Waals surface area contributed by atoms with Crippen LogP contribution in [0.5, 0.6) is 0 Å². The predicted octanol–water partition coefficient (Wildman–Crippen LogP) is -2.01. The first-order valence-corrected chi connectivity index (χ1v) is 9.72. The zero-order valence-electron chi connectivity index (χ0n) is 21.9. The van der Waals surface area contributed by atoms with E-state index in [4.69, 9.17) is 91.9 Å². The quantitative estimate of drug-likeness (QED) is 0.127. The molecule has 0 radical (unpaired) electrons. The van der Waals surface area contributed by atoms with Crippen molar-refractivity contribution in [2.45, 2.75) is 41.5 Å². The number of hydrogen-bond donors (Lipinski definition) is 6. The van der Waals surface area contributed by atoms with Gasteiger partial charge in [0.25, 0.3) is 20.3 Å². The second-order valence-corrected chi connectivity index (χ2v) is 5.02. The Balaban J connectivity index is -0.0000000381. The Morgan fingerprint density at radius 1 is 0.410 bits per heavy atom. The molecule has 0 unspecified atom stereocenters. The molecule has 0 fully saturated rings. The first-order valence-electron chi connectivity index (χ1n) is 9.72. The van der Waals surface area contributed by atoms with Gasteiger partial charge >= 0.3 is 0 Å². The zero-order valence-corrected chi connectivity index (χ0v) is 25.1. The first-order chi connectivity index (χ1) is 17.1. The van der Waals surface area contributed by atoms with Crippen LogP contribution in [0.2, 0.25) is 0 Å². The summed E-state index contributed by atoms with van der Waals surface area (Å²) in [5.41, 5.74) is 0. The van der Waals surface area contributed by atoms with Crippen molar-refractivity contribution in [1.29, 1.82) is 0 Å². The van der Waals surface area contributed by atoms with Crippen LogP contribution in [0.3, 0.4) is 0 Å². The van der Waals surface area contributed by atoms with Crippen molar-refractivity contribution in [2.75, 3.05) is 39.3 Å². The van der Waals surface area contributed by atoms with Crippen molar-refractivity contribution in [3.05, 3.63) is 71.1 Å². The Morgan fingerprint density at radius 3 is 0.462 bits per heavy atom. The molecule has 26 nitrogen and oxygen atoms in total. The molecule has 0 heterocycles. The van der Waals surface area contributed by atoms with Gasteiger partial charge in [-0.2, -0.15) is 0 Å². The summed E-state index contributed by atoms with van der Waals surface area (Å²) in [6.07, 6.45) is 0. The Labute approximate surface area is 254 Å². The van der Waals surface area contributed by atoms with E-state index in [1.807, 2.05) is 0 Å². The van der Waals surface area contributed by atoms with E-state index < -0.39 is 30.5 Å². The molecule has 0 aromatic heterocycles. The maximum absolute atomic E-state index is 8.36. The summed E-state index contributed by atoms with van der Waals surface area (Å²) in [4.78, 5) is 53.3. The van der Waals surface area contributed by atoms with E-state index in [9.17, 15) is 0 Å². The topological polar surface area (TPSA) is 395 Å². The summed E-state index contributed by atoms with van der Waals surface area (Å²) in [6.45, 7) is 21.0. The van der Waals surface area contributed by atoms with Crippen molar-refractivity contribution in [1.82, 2.24) is 0 Å². The Kier molecular flexibility index (Phi) is 85.1. The number of nitrogens with zero attached hydrogens (tertiary/aromatic N) is 6. The minimum absolute atomic E-state index is 0. The maximum atomic E-state index is 8.36. The van der Waals surface area contributed by atoms with E-state index in [1.165, 1.54) is 39.3 Å². The van der Waals surface area contributed by atoms with E-state index in [-0.39, 0.29) is 41.7 Å². The molecule has 0 aromatic carbocycles. The van der Waals surface area contributed by atoms with E-state index in [0.717, 1.165) is 0 Å². The van der Waals surface area contributed by atoms with E-state index >= 15 is 0 Å². The smallest absolute Gasteiger partial charge is 0.291 e. The van der Waals surface area contributed by atoms with Crippen molar-refractivity contribution in [2.24, 2.45) is 0 Å². The summed E-state index contributed by atoms with van der Waals surface area (Å²) >= 11 is 0. The summed E-state index contributed by atoms with van der Waals surface area (Å²) < 4.78 is 0. The molecular weight excluding hydrogens is 684 g/mol. The van der Waals surface area contributed by atoms with Crippen LogP contribution in [-0.2, 0) is 0 Å². The van der Waals surface area contributed by atoms with Crippen LogP contribution < -0.4 is 9.80 Å². The van der Waals surface area contributed by atoms with Gasteiger partial charge in [0.2, 0.25) is 0 Å². The summed E-state index contributed by atoms with van der Waals surface area (Å²) in [5.74, 6) is 0. The molecular formula is C12H36CeN8O18. The van der Waals surface area contributed by atoms with E-state index in [1.54, 1.807) is 9.80 Å². The van der Waals surface area contributed by atoms with Gasteiger partial charge in [0, 0.05) is 41.7 Å². The summed E-state index contributed by atoms with van der Waals surface area (Å²) in [7, 11) is 0. The minimum atomic E-state index is -1.75. The SMILES string of the molecule is CC[NH+](CC)CC.CC[NH+](CC)CC.O=[N+]([O-])O.O=[N+]([O-])O.O=[N+]([O-])O.O=[N+]([O-])O.O=[N+]([O-])[O-].O=[N+]([O-])[O-].[Ce]. The molecule has 39 heavy (non-hydrogen) atoms. The number of rotatable bonds is 6. The zero-order chi connectivity index (χ0) is 32.9. The van der Waals surface area contributed by atoms with E-state index in [0.29, 0.717) is 0 Å². The molecule has 0 aliphatic carbocycles. The third kappa shape index (κ3) is 505. The van der Waals surface area contributed by atoms with E-state index in [2.05, 4.69) is 41.5 Å². The fraction of sp³-hybridized carbons (Fsp3) is 1.00. The number of quaternary nitrogens is 2. The fourth-order valence-electron chi connectivity index (χ4n) is 1.50. The molecule has 0 aliphatic rings. The van der Waals surface area contributed by atoms with Crippen LogP contribution in [0.25, 0.3) is 0 Å². The van der Waals surface area contributed by atoms with Crippen LogP contribution in [0.4, 0.5) is 0 Å². The molecule has 0 rings (SSSR count). The molecule has 6 N–H and O–H groups in total. The second-order valence-electron chi connectivity index (χ2n) is 5.02. The van der Waals surface area contributed by atoms with Crippen LogP contribution in [0, 0.1) is 113 Å². The third-order valence-electron chi connectivity index (χ3n) is 3.00. The van der Waals surface area contributed by atoms with Gasteiger partial charge in [0.05, 0.1) is 49.4 Å². The van der Waals surface area contributed by atoms with Crippen molar-refractivity contribution >= 4 is 0 Å². The third-order valence-corrected chi connectivity index (χ3v) is 3.00. The Morgan fingerprint density at radius 2 is 0.462 bits per heavy atom. The number of nitrogens with one attached hydrogen (secondary N) is 2. The van der Waals surface area contributed by atoms with Gasteiger partial charge in [0.15, 0.2) is 0 Å². The van der Waals surface area contributed by atoms with Crippen molar-refractivity contribution < 1.29 is 103 Å². The molecule has 0 aromatic rings. The van der Waals surface area contributed by atoms with Gasteiger partial charge in [0.1, 0.15) is 0 Å². The normalized spacial score (nSPS) is 7.38. The van der Waals surface area contributed by atoms with Crippen molar-refractivity contribution in [3.8, 4) is 0 Å². The standard InChI is InChI=1S/2C6H15N.Ce.4HNO3.2NO3/c2*1-4-7(5-2)6-3;;6*2-1(3)4/h2*4-6H2,1-3H3;;4*(H,2,3,4);;/q;;;;;;;2*-1/p+2. The van der Waals surface area contributed by atoms with Gasteiger partial charge in [-0.15, -0.1) is 40.5 Å². The van der Waals surface area contributed by atoms with Crippen LogP contribution in [-0.4, -0.2) is 90.6 Å². The van der Waals surface area contributed by atoms with Gasteiger partial charge in [-0.3, -0.25) is 0 Å². The molecule has 0 saturated carbocycles. The fourth-order valence-corrected chi connectivity index (χ4v) is 1.50. The molecule has 0 bridgehead atoms. The molecule has 0 atom stereocenters. The second kappa shape index (κ2) is 55.1. The molecule has 0 saturated heterocycles. The molecule has 236 valence electrons. The van der Waals surface area contributed by atoms with Crippen LogP contribution in [0.15, 0.2) is 0 Å². The first kappa shape index (κ1) is 60.2. The van der Waals surface area contributed by atoms with Gasteiger partial charge in [-0.05, 0) is 41.5 Å². The van der Waals surface area contributed by atoms with Crippen LogP contribution in [0.1, 0.15) is 41.5 Å². The average molecular weight is 721 g/mol. The Hall–Kier alpha value is -3.50. The summed E-state index contributed by atoms with van der Waals surface area (Å²) in [6, 6.07) is 0. The maximum Gasteiger partial charge on any atom is 0.291 e. The monoisotopic (exact) mass is 720 g/mol. The molecule has 27 heteroatoms. The molecule has 0 spiro atoms. The minimum Gasteiger partial charge on any atom is -0.356 e. The van der Waals surface area contributed by atoms with Gasteiger partial charge in [-0.25, -0.2) is 0 Å². The average Bonchev–Trinajstić information content (AvgIpc) is 2.69. The van der Waals surface area contributed by atoms with Crippen molar-refractivity contribution in [3.63, 3.8) is 0 Å². The summed E-state index contributed by atoms with van der Waals surface area (Å²) in [5, 5.41) is 84.1. The van der Waals surface area contributed by atoms with Gasteiger partial charge < -0.3 is 61.3 Å². The van der Waals surface area contributed by atoms with Gasteiger partial charge in [-0.1, -0.05) is 0 Å². The Bertz CT molecular complexity index is 428. The molecule has 0 amide bonds. The predicted molar refractivity (Wildman–Crippen MR) is 121 cm³/mol.